The van der Waals surface area contributed by atoms with Gasteiger partial charge in [-0.25, -0.2) is 0 Å². The Hall–Kier alpha value is -0.540. The predicted octanol–water partition coefficient (Wildman–Crippen LogP) is 2.81. The lowest BCUT2D eigenvalue weighted by Crippen LogP contribution is -2.25. The van der Waals surface area contributed by atoms with E-state index >= 15 is 0 Å². The minimum absolute atomic E-state index is 0.329. The molecule has 2 rings (SSSR count). The molecule has 0 amide bonds. The average molecular weight is 243 g/mol. The molecule has 90 valence electrons. The number of halogens is 1. The fourth-order valence-electron chi connectivity index (χ4n) is 2.25. The van der Waals surface area contributed by atoms with Crippen LogP contribution in [0.5, 0.6) is 0 Å². The van der Waals surface area contributed by atoms with E-state index in [-0.39, 0.29) is 0 Å². The summed E-state index contributed by atoms with van der Waals surface area (Å²) in [5, 5.41) is 4.53. The van der Waals surface area contributed by atoms with Crippen molar-refractivity contribution in [2.45, 2.75) is 51.6 Å². The SMILES string of the molecule is Cc1nn(CC2CCCCO2)c(C)c1CCl. The maximum Gasteiger partial charge on any atom is 0.0771 e. The van der Waals surface area contributed by atoms with E-state index in [9.17, 15) is 0 Å². The molecule has 0 saturated carbocycles. The minimum Gasteiger partial charge on any atom is -0.376 e. The average Bonchev–Trinajstić information content (AvgIpc) is 2.55. The van der Waals surface area contributed by atoms with Crippen LogP contribution in [0.1, 0.15) is 36.2 Å². The zero-order chi connectivity index (χ0) is 11.5. The summed E-state index contributed by atoms with van der Waals surface area (Å²) in [5.41, 5.74) is 3.39. The molecular formula is C12H19ClN2O. The molecule has 16 heavy (non-hydrogen) atoms. The third-order valence-electron chi connectivity index (χ3n) is 3.32. The van der Waals surface area contributed by atoms with Gasteiger partial charge >= 0.3 is 0 Å². The van der Waals surface area contributed by atoms with Crippen molar-refractivity contribution in [1.29, 1.82) is 0 Å². The molecule has 1 atom stereocenters. The molecule has 0 bridgehead atoms. The molecule has 1 aromatic rings. The topological polar surface area (TPSA) is 27.1 Å². The highest BCUT2D eigenvalue weighted by Crippen LogP contribution is 2.19. The molecule has 1 aliphatic rings. The van der Waals surface area contributed by atoms with Crippen molar-refractivity contribution >= 4 is 11.6 Å². The Kier molecular flexibility index (Phi) is 3.87. The quantitative estimate of drug-likeness (QED) is 0.763. The number of ether oxygens (including phenoxy) is 1. The van der Waals surface area contributed by atoms with Crippen molar-refractivity contribution in [1.82, 2.24) is 9.78 Å². The lowest BCUT2D eigenvalue weighted by Gasteiger charge is -2.22. The van der Waals surface area contributed by atoms with Gasteiger partial charge in [0.1, 0.15) is 0 Å². The van der Waals surface area contributed by atoms with Crippen molar-refractivity contribution in [2.75, 3.05) is 6.61 Å². The molecule has 3 nitrogen and oxygen atoms in total. The summed E-state index contributed by atoms with van der Waals surface area (Å²) in [7, 11) is 0. The number of aryl methyl sites for hydroxylation is 1. The van der Waals surface area contributed by atoms with Crippen LogP contribution in [0.2, 0.25) is 0 Å². The Morgan fingerprint density at radius 3 is 2.81 bits per heavy atom. The van der Waals surface area contributed by atoms with Crippen LogP contribution in [0.4, 0.5) is 0 Å². The van der Waals surface area contributed by atoms with E-state index in [1.165, 1.54) is 18.5 Å². The lowest BCUT2D eigenvalue weighted by molar-refractivity contribution is 0.00361. The maximum atomic E-state index is 5.91. The molecule has 2 heterocycles. The second-order valence-corrected chi connectivity index (χ2v) is 4.72. The number of nitrogens with zero attached hydrogens (tertiary/aromatic N) is 2. The van der Waals surface area contributed by atoms with E-state index in [4.69, 9.17) is 16.3 Å². The second kappa shape index (κ2) is 5.19. The van der Waals surface area contributed by atoms with E-state index in [2.05, 4.69) is 12.0 Å². The fraction of sp³-hybridized carbons (Fsp3) is 0.750. The van der Waals surface area contributed by atoms with Gasteiger partial charge in [-0.2, -0.15) is 5.10 Å². The monoisotopic (exact) mass is 242 g/mol. The molecule has 4 heteroatoms. The largest absolute Gasteiger partial charge is 0.376 e. The Morgan fingerprint density at radius 2 is 2.25 bits per heavy atom. The number of hydrogen-bond acceptors (Lipinski definition) is 2. The van der Waals surface area contributed by atoms with Crippen LogP contribution < -0.4 is 0 Å². The van der Waals surface area contributed by atoms with Gasteiger partial charge in [0.05, 0.1) is 24.2 Å². The summed E-state index contributed by atoms with van der Waals surface area (Å²) in [6.45, 7) is 5.86. The summed E-state index contributed by atoms with van der Waals surface area (Å²) in [6, 6.07) is 0. The highest BCUT2D eigenvalue weighted by Gasteiger charge is 2.17. The summed E-state index contributed by atoms with van der Waals surface area (Å²) < 4.78 is 7.77. The highest BCUT2D eigenvalue weighted by molar-refractivity contribution is 6.17. The first-order valence-electron chi connectivity index (χ1n) is 5.93. The molecule has 1 aromatic heterocycles. The molecule has 1 saturated heterocycles. The van der Waals surface area contributed by atoms with Crippen LogP contribution >= 0.6 is 11.6 Å². The number of hydrogen-bond donors (Lipinski definition) is 0. The first kappa shape index (κ1) is 11.9. The summed E-state index contributed by atoms with van der Waals surface area (Å²) in [5.74, 6) is 0.545. The van der Waals surface area contributed by atoms with E-state index in [1.807, 2.05) is 11.6 Å². The Balaban J connectivity index is 2.08. The van der Waals surface area contributed by atoms with Crippen molar-refractivity contribution in [3.05, 3.63) is 17.0 Å². The summed E-state index contributed by atoms with van der Waals surface area (Å²) >= 11 is 5.91. The minimum atomic E-state index is 0.329. The highest BCUT2D eigenvalue weighted by atomic mass is 35.5. The molecule has 0 aliphatic carbocycles. The van der Waals surface area contributed by atoms with Crippen LogP contribution in [0.15, 0.2) is 0 Å². The molecule has 0 N–H and O–H groups in total. The summed E-state index contributed by atoms with van der Waals surface area (Å²) in [6.07, 6.45) is 3.94. The van der Waals surface area contributed by atoms with E-state index in [1.54, 1.807) is 0 Å². The van der Waals surface area contributed by atoms with E-state index < -0.39 is 0 Å². The van der Waals surface area contributed by atoms with Gasteiger partial charge in [0.25, 0.3) is 0 Å². The Morgan fingerprint density at radius 1 is 1.44 bits per heavy atom. The Labute approximate surface area is 102 Å². The van der Waals surface area contributed by atoms with Gasteiger partial charge in [-0.3, -0.25) is 4.68 Å². The van der Waals surface area contributed by atoms with Crippen molar-refractivity contribution < 1.29 is 4.74 Å². The molecule has 1 aliphatic heterocycles. The zero-order valence-corrected chi connectivity index (χ0v) is 10.8. The van der Waals surface area contributed by atoms with Gasteiger partial charge in [0.15, 0.2) is 0 Å². The first-order chi connectivity index (χ1) is 7.72. The van der Waals surface area contributed by atoms with Crippen molar-refractivity contribution in [3.8, 4) is 0 Å². The van der Waals surface area contributed by atoms with Crippen LogP contribution in [0, 0.1) is 13.8 Å². The standard InChI is InChI=1S/C12H19ClN2O/c1-9-12(7-13)10(2)15(14-9)8-11-5-3-4-6-16-11/h11H,3-8H2,1-2H3. The number of aromatic nitrogens is 2. The number of rotatable bonds is 3. The van der Waals surface area contributed by atoms with Crippen LogP contribution in [-0.4, -0.2) is 22.5 Å². The van der Waals surface area contributed by atoms with Crippen LogP contribution in [-0.2, 0) is 17.2 Å². The molecule has 0 radical (unpaired) electrons. The predicted molar refractivity (Wildman–Crippen MR) is 64.8 cm³/mol. The normalized spacial score (nSPS) is 21.3. The van der Waals surface area contributed by atoms with E-state index in [0.29, 0.717) is 12.0 Å². The molecular weight excluding hydrogens is 224 g/mol. The molecule has 0 aromatic carbocycles. The van der Waals surface area contributed by atoms with Crippen LogP contribution in [0.25, 0.3) is 0 Å². The zero-order valence-electron chi connectivity index (χ0n) is 10.0. The third kappa shape index (κ3) is 2.41. The van der Waals surface area contributed by atoms with Crippen LogP contribution in [0.3, 0.4) is 0 Å². The van der Waals surface area contributed by atoms with Gasteiger partial charge in [0.2, 0.25) is 0 Å². The van der Waals surface area contributed by atoms with Crippen molar-refractivity contribution in [2.24, 2.45) is 0 Å². The third-order valence-corrected chi connectivity index (χ3v) is 3.58. The second-order valence-electron chi connectivity index (χ2n) is 4.45. The Bertz CT molecular complexity index is 356. The van der Waals surface area contributed by atoms with Crippen molar-refractivity contribution in [3.63, 3.8) is 0 Å². The first-order valence-corrected chi connectivity index (χ1v) is 6.46. The van der Waals surface area contributed by atoms with Gasteiger partial charge in [0, 0.05) is 17.9 Å². The maximum absolute atomic E-state index is 5.91. The van der Waals surface area contributed by atoms with Gasteiger partial charge in [-0.1, -0.05) is 0 Å². The molecule has 1 fully saturated rings. The van der Waals surface area contributed by atoms with Gasteiger partial charge < -0.3 is 4.74 Å². The van der Waals surface area contributed by atoms with Gasteiger partial charge in [-0.15, -0.1) is 11.6 Å². The van der Waals surface area contributed by atoms with E-state index in [0.717, 1.165) is 30.8 Å². The summed E-state index contributed by atoms with van der Waals surface area (Å²) in [4.78, 5) is 0. The molecule has 0 spiro atoms. The fourth-order valence-corrected chi connectivity index (χ4v) is 2.64. The number of alkyl halides is 1. The smallest absolute Gasteiger partial charge is 0.0771 e. The molecule has 1 unspecified atom stereocenters. The lowest BCUT2D eigenvalue weighted by atomic mass is 10.1. The van der Waals surface area contributed by atoms with Gasteiger partial charge in [-0.05, 0) is 33.1 Å².